The van der Waals surface area contributed by atoms with Gasteiger partial charge < -0.3 is 19.5 Å². The van der Waals surface area contributed by atoms with Crippen LogP contribution in [-0.4, -0.2) is 25.9 Å². The molecule has 1 aliphatic rings. The maximum absolute atomic E-state index is 9.14. The fraction of sp³-hybridized carbons (Fsp3) is 0.333. The van der Waals surface area contributed by atoms with Crippen molar-refractivity contribution in [1.29, 1.82) is 0 Å². The monoisotopic (exact) mass is 299 g/mol. The second-order valence-corrected chi connectivity index (χ2v) is 5.47. The molecule has 0 bridgehead atoms. The summed E-state index contributed by atoms with van der Waals surface area (Å²) in [5.41, 5.74) is 4.71. The summed E-state index contributed by atoms with van der Waals surface area (Å²) < 4.78 is 10.8. The summed E-state index contributed by atoms with van der Waals surface area (Å²) in [5, 5.41) is 9.14. The normalized spacial score (nSPS) is 13.7. The Balaban J connectivity index is 1.86. The van der Waals surface area contributed by atoms with Gasteiger partial charge in [0, 0.05) is 18.8 Å². The van der Waals surface area contributed by atoms with Crippen LogP contribution in [0.4, 0.5) is 5.69 Å². The van der Waals surface area contributed by atoms with E-state index in [9.17, 15) is 0 Å². The summed E-state index contributed by atoms with van der Waals surface area (Å²) in [6.07, 6.45) is 0.984. The van der Waals surface area contributed by atoms with Crippen LogP contribution >= 0.6 is 0 Å². The van der Waals surface area contributed by atoms with E-state index in [-0.39, 0.29) is 6.61 Å². The van der Waals surface area contributed by atoms with E-state index < -0.39 is 0 Å². The van der Waals surface area contributed by atoms with Crippen LogP contribution in [0.3, 0.4) is 0 Å². The molecule has 0 saturated heterocycles. The van der Waals surface area contributed by atoms with Crippen molar-refractivity contribution >= 4 is 5.69 Å². The number of ether oxygens (including phenoxy) is 2. The highest BCUT2D eigenvalue weighted by Gasteiger charge is 2.19. The molecule has 4 nitrogen and oxygen atoms in total. The van der Waals surface area contributed by atoms with Gasteiger partial charge >= 0.3 is 0 Å². The number of hydrogen-bond donors (Lipinski definition) is 1. The molecule has 2 aromatic carbocycles. The van der Waals surface area contributed by atoms with E-state index >= 15 is 0 Å². The number of aliphatic hydroxyl groups is 1. The zero-order chi connectivity index (χ0) is 15.5. The number of methoxy groups -OCH3 is 2. The van der Waals surface area contributed by atoms with Crippen LogP contribution in [-0.2, 0) is 19.6 Å². The lowest BCUT2D eigenvalue weighted by Gasteiger charge is -2.31. The van der Waals surface area contributed by atoms with Crippen LogP contribution in [0.2, 0.25) is 0 Å². The van der Waals surface area contributed by atoms with Crippen molar-refractivity contribution in [1.82, 2.24) is 0 Å². The zero-order valence-electron chi connectivity index (χ0n) is 13.0. The molecule has 0 atom stereocenters. The molecule has 0 spiro atoms. The van der Waals surface area contributed by atoms with E-state index in [1.807, 2.05) is 12.1 Å². The van der Waals surface area contributed by atoms with Crippen molar-refractivity contribution in [2.45, 2.75) is 19.6 Å². The van der Waals surface area contributed by atoms with E-state index in [0.717, 1.165) is 36.6 Å². The molecule has 22 heavy (non-hydrogen) atoms. The highest BCUT2D eigenvalue weighted by Crippen LogP contribution is 2.34. The van der Waals surface area contributed by atoms with Gasteiger partial charge in [0.2, 0.25) is 0 Å². The Kier molecular flexibility index (Phi) is 4.20. The second-order valence-electron chi connectivity index (χ2n) is 5.47. The molecule has 0 unspecified atom stereocenters. The summed E-state index contributed by atoms with van der Waals surface area (Å²) in [7, 11) is 3.33. The first kappa shape index (κ1) is 14.7. The fourth-order valence-corrected chi connectivity index (χ4v) is 2.92. The Bertz CT molecular complexity index is 652. The van der Waals surface area contributed by atoms with Gasteiger partial charge in [-0.2, -0.15) is 0 Å². The Labute approximate surface area is 130 Å². The van der Waals surface area contributed by atoms with Gasteiger partial charge in [0.25, 0.3) is 0 Å². The average molecular weight is 299 g/mol. The summed E-state index contributed by atoms with van der Waals surface area (Å²) in [6, 6.07) is 12.2. The molecule has 1 heterocycles. The highest BCUT2D eigenvalue weighted by molar-refractivity contribution is 5.54. The average Bonchev–Trinajstić information content (AvgIpc) is 2.60. The molecule has 0 fully saturated rings. The van der Waals surface area contributed by atoms with Crippen LogP contribution in [0.15, 0.2) is 36.4 Å². The molecule has 0 radical (unpaired) electrons. The summed E-state index contributed by atoms with van der Waals surface area (Å²) in [4.78, 5) is 2.34. The molecule has 4 heteroatoms. The number of benzene rings is 2. The van der Waals surface area contributed by atoms with E-state index in [4.69, 9.17) is 14.6 Å². The lowest BCUT2D eigenvalue weighted by Crippen LogP contribution is -2.30. The molecule has 0 saturated carbocycles. The number of nitrogens with zero attached hydrogens (tertiary/aromatic N) is 1. The van der Waals surface area contributed by atoms with Crippen LogP contribution in [0.25, 0.3) is 0 Å². The van der Waals surface area contributed by atoms with E-state index in [0.29, 0.717) is 0 Å². The van der Waals surface area contributed by atoms with Crippen molar-refractivity contribution in [3.63, 3.8) is 0 Å². The van der Waals surface area contributed by atoms with Crippen LogP contribution in [0.1, 0.15) is 16.7 Å². The standard InChI is InChI=1S/C18H21NO3/c1-21-17-9-14-7-8-19(11-15(14)10-18(17)22-2)16-5-3-13(12-20)4-6-16/h3-6,9-10,20H,7-8,11-12H2,1-2H3. The lowest BCUT2D eigenvalue weighted by atomic mass is 9.98. The predicted molar refractivity (Wildman–Crippen MR) is 86.7 cm³/mol. The van der Waals surface area contributed by atoms with Gasteiger partial charge in [0.1, 0.15) is 0 Å². The van der Waals surface area contributed by atoms with Gasteiger partial charge in [-0.05, 0) is 47.4 Å². The molecule has 0 aromatic heterocycles. The smallest absolute Gasteiger partial charge is 0.161 e. The van der Waals surface area contributed by atoms with Crippen molar-refractivity contribution in [2.75, 3.05) is 25.7 Å². The minimum Gasteiger partial charge on any atom is -0.493 e. The van der Waals surface area contributed by atoms with Gasteiger partial charge in [-0.15, -0.1) is 0 Å². The number of fused-ring (bicyclic) bond motifs is 1. The summed E-state index contributed by atoms with van der Waals surface area (Å²) in [5.74, 6) is 1.57. The third-order valence-electron chi connectivity index (χ3n) is 4.20. The van der Waals surface area contributed by atoms with Gasteiger partial charge in [-0.3, -0.25) is 0 Å². The van der Waals surface area contributed by atoms with Crippen molar-refractivity contribution in [3.8, 4) is 11.5 Å². The number of hydrogen-bond acceptors (Lipinski definition) is 4. The van der Waals surface area contributed by atoms with Crippen molar-refractivity contribution in [2.24, 2.45) is 0 Å². The van der Waals surface area contributed by atoms with Gasteiger partial charge in [-0.25, -0.2) is 0 Å². The largest absolute Gasteiger partial charge is 0.493 e. The quantitative estimate of drug-likeness (QED) is 0.942. The fourth-order valence-electron chi connectivity index (χ4n) is 2.92. The maximum atomic E-state index is 9.14. The van der Waals surface area contributed by atoms with Crippen LogP contribution < -0.4 is 14.4 Å². The molecular formula is C18H21NO3. The molecule has 3 rings (SSSR count). The van der Waals surface area contributed by atoms with E-state index in [1.165, 1.54) is 16.8 Å². The van der Waals surface area contributed by atoms with E-state index in [1.54, 1.807) is 14.2 Å². The maximum Gasteiger partial charge on any atom is 0.161 e. The molecular weight excluding hydrogens is 278 g/mol. The number of aliphatic hydroxyl groups excluding tert-OH is 1. The molecule has 2 aromatic rings. The SMILES string of the molecule is COc1cc2c(cc1OC)CN(c1ccc(CO)cc1)CC2. The van der Waals surface area contributed by atoms with E-state index in [2.05, 4.69) is 29.2 Å². The molecule has 116 valence electrons. The molecule has 0 aliphatic carbocycles. The minimum atomic E-state index is 0.0834. The first-order chi connectivity index (χ1) is 10.7. The first-order valence-electron chi connectivity index (χ1n) is 7.43. The molecule has 1 N–H and O–H groups in total. The van der Waals surface area contributed by atoms with Crippen molar-refractivity contribution < 1.29 is 14.6 Å². The van der Waals surface area contributed by atoms with Gasteiger partial charge in [0.05, 0.1) is 20.8 Å². The Morgan fingerprint density at radius 2 is 1.64 bits per heavy atom. The lowest BCUT2D eigenvalue weighted by molar-refractivity contribution is 0.282. The van der Waals surface area contributed by atoms with Crippen LogP contribution in [0.5, 0.6) is 11.5 Å². The summed E-state index contributed by atoms with van der Waals surface area (Å²) >= 11 is 0. The first-order valence-corrected chi connectivity index (χ1v) is 7.43. The Hall–Kier alpha value is -2.20. The van der Waals surface area contributed by atoms with Gasteiger partial charge in [0.15, 0.2) is 11.5 Å². The zero-order valence-corrected chi connectivity index (χ0v) is 13.0. The minimum absolute atomic E-state index is 0.0834. The van der Waals surface area contributed by atoms with Crippen molar-refractivity contribution in [3.05, 3.63) is 53.1 Å². The topological polar surface area (TPSA) is 41.9 Å². The van der Waals surface area contributed by atoms with Gasteiger partial charge in [-0.1, -0.05) is 12.1 Å². The number of anilines is 1. The third-order valence-corrected chi connectivity index (χ3v) is 4.20. The molecule has 1 aliphatic heterocycles. The highest BCUT2D eigenvalue weighted by atomic mass is 16.5. The Morgan fingerprint density at radius 1 is 1.00 bits per heavy atom. The second kappa shape index (κ2) is 6.28. The Morgan fingerprint density at radius 3 is 2.23 bits per heavy atom. The predicted octanol–water partition coefficient (Wildman–Crippen LogP) is 2.76. The van der Waals surface area contributed by atoms with Crippen LogP contribution in [0, 0.1) is 0 Å². The third kappa shape index (κ3) is 2.74. The molecule has 0 amide bonds. The number of rotatable bonds is 4. The summed E-state index contributed by atoms with van der Waals surface area (Å²) in [6.45, 7) is 1.91.